The van der Waals surface area contributed by atoms with Crippen LogP contribution in [0.3, 0.4) is 0 Å². The third kappa shape index (κ3) is 3.43. The lowest BCUT2D eigenvalue weighted by Gasteiger charge is -2.21. The van der Waals surface area contributed by atoms with Crippen LogP contribution in [0.15, 0.2) is 42.5 Å². The quantitative estimate of drug-likeness (QED) is 0.663. The summed E-state index contributed by atoms with van der Waals surface area (Å²) in [5, 5.41) is 10.1. The second kappa shape index (κ2) is 5.60. The lowest BCUT2D eigenvalue weighted by molar-refractivity contribution is 0.0731. The van der Waals surface area contributed by atoms with Crippen LogP contribution in [0.4, 0.5) is 0 Å². The van der Waals surface area contributed by atoms with Gasteiger partial charge in [0.05, 0.1) is 0 Å². The third-order valence-corrected chi connectivity index (χ3v) is 3.34. The first-order chi connectivity index (χ1) is 9.79. The van der Waals surface area contributed by atoms with E-state index in [1.807, 2.05) is 12.1 Å². The van der Waals surface area contributed by atoms with Crippen molar-refractivity contribution in [3.05, 3.63) is 59.2 Å². The normalized spacial score (nSPS) is 11.2. The summed E-state index contributed by atoms with van der Waals surface area (Å²) in [6.07, 6.45) is 0. The predicted octanol–water partition coefficient (Wildman–Crippen LogP) is 4.22. The van der Waals surface area contributed by atoms with Crippen molar-refractivity contribution in [3.8, 4) is 11.5 Å². The minimum Gasteiger partial charge on any atom is -0.507 e. The molecule has 1 N–H and O–H groups in total. The maximum absolute atomic E-state index is 12.3. The van der Waals surface area contributed by atoms with Crippen molar-refractivity contribution in [2.75, 3.05) is 0 Å². The molecule has 0 radical (unpaired) electrons. The summed E-state index contributed by atoms with van der Waals surface area (Å²) in [4.78, 5) is 12.3. The van der Waals surface area contributed by atoms with Crippen molar-refractivity contribution >= 4 is 5.97 Å². The van der Waals surface area contributed by atoms with E-state index in [1.54, 1.807) is 37.3 Å². The first-order valence-electron chi connectivity index (χ1n) is 6.90. The molecule has 0 fully saturated rings. The molecule has 0 spiro atoms. The predicted molar refractivity (Wildman–Crippen MR) is 82.9 cm³/mol. The third-order valence-electron chi connectivity index (χ3n) is 3.34. The van der Waals surface area contributed by atoms with Gasteiger partial charge in [0.25, 0.3) is 0 Å². The maximum Gasteiger partial charge on any atom is 0.347 e. The summed E-state index contributed by atoms with van der Waals surface area (Å²) < 4.78 is 5.30. The lowest BCUT2D eigenvalue weighted by atomic mass is 9.85. The van der Waals surface area contributed by atoms with Crippen molar-refractivity contribution in [1.29, 1.82) is 0 Å². The Morgan fingerprint density at radius 1 is 1.10 bits per heavy atom. The fraction of sp³-hybridized carbons (Fsp3) is 0.278. The summed E-state index contributed by atoms with van der Waals surface area (Å²) in [6.45, 7) is 7.96. The van der Waals surface area contributed by atoms with Gasteiger partial charge in [-0.25, -0.2) is 4.79 Å². The fourth-order valence-electron chi connectivity index (χ4n) is 2.02. The zero-order valence-corrected chi connectivity index (χ0v) is 12.8. The molecule has 2 aromatic carbocycles. The molecule has 0 bridgehead atoms. The topological polar surface area (TPSA) is 46.5 Å². The van der Waals surface area contributed by atoms with E-state index in [4.69, 9.17) is 4.74 Å². The van der Waals surface area contributed by atoms with E-state index >= 15 is 0 Å². The number of benzene rings is 2. The van der Waals surface area contributed by atoms with Crippen molar-refractivity contribution in [3.63, 3.8) is 0 Å². The lowest BCUT2D eigenvalue weighted by Crippen LogP contribution is -2.15. The first-order valence-corrected chi connectivity index (χ1v) is 6.90. The average Bonchev–Trinajstić information content (AvgIpc) is 2.41. The highest BCUT2D eigenvalue weighted by Crippen LogP contribution is 2.31. The number of rotatable bonds is 2. The molecule has 3 nitrogen and oxygen atoms in total. The van der Waals surface area contributed by atoms with Gasteiger partial charge in [-0.05, 0) is 41.7 Å². The van der Waals surface area contributed by atoms with E-state index in [1.165, 1.54) is 0 Å². The summed E-state index contributed by atoms with van der Waals surface area (Å²) >= 11 is 0. The van der Waals surface area contributed by atoms with Gasteiger partial charge < -0.3 is 9.84 Å². The van der Waals surface area contributed by atoms with Crippen molar-refractivity contribution in [2.45, 2.75) is 33.1 Å². The van der Waals surface area contributed by atoms with Crippen LogP contribution < -0.4 is 4.74 Å². The Balaban J connectivity index is 2.39. The average molecular weight is 284 g/mol. The number of carbonyl (C=O) groups is 1. The number of ether oxygens (including phenoxy) is 1. The Kier molecular flexibility index (Phi) is 4.03. The largest absolute Gasteiger partial charge is 0.507 e. The number of para-hydroxylation sites is 1. The summed E-state index contributed by atoms with van der Waals surface area (Å²) in [5.41, 5.74) is 1.74. The van der Waals surface area contributed by atoms with Crippen LogP contribution in [0, 0.1) is 6.92 Å². The van der Waals surface area contributed by atoms with Crippen molar-refractivity contribution in [2.24, 2.45) is 0 Å². The molecular formula is C18H20O3. The molecule has 0 saturated heterocycles. The second-order valence-electron chi connectivity index (χ2n) is 6.14. The van der Waals surface area contributed by atoms with E-state index in [9.17, 15) is 9.90 Å². The fourth-order valence-corrected chi connectivity index (χ4v) is 2.02. The highest BCUT2D eigenvalue weighted by molar-refractivity contribution is 5.94. The molecule has 0 aliphatic heterocycles. The molecule has 0 heterocycles. The molecule has 3 heteroatoms. The van der Waals surface area contributed by atoms with Gasteiger partial charge in [0.2, 0.25) is 0 Å². The number of carbonyl (C=O) groups excluding carboxylic acids is 1. The Morgan fingerprint density at radius 3 is 2.29 bits per heavy atom. The number of phenolic OH excluding ortho intramolecular Hbond substituents is 1. The maximum atomic E-state index is 12.3. The number of esters is 1. The first kappa shape index (κ1) is 15.1. The molecule has 0 saturated carbocycles. The van der Waals surface area contributed by atoms with Crippen LogP contribution in [0.2, 0.25) is 0 Å². The Labute approximate surface area is 125 Å². The summed E-state index contributed by atoms with van der Waals surface area (Å²) in [6, 6.07) is 12.4. The summed E-state index contributed by atoms with van der Waals surface area (Å²) in [7, 11) is 0. The van der Waals surface area contributed by atoms with Gasteiger partial charge in [0, 0.05) is 0 Å². The minimum atomic E-state index is -0.548. The van der Waals surface area contributed by atoms with Gasteiger partial charge in [0.1, 0.15) is 17.1 Å². The van der Waals surface area contributed by atoms with E-state index in [-0.39, 0.29) is 16.7 Å². The highest BCUT2D eigenvalue weighted by atomic mass is 16.5. The van der Waals surface area contributed by atoms with Crippen LogP contribution in [-0.2, 0) is 5.41 Å². The molecule has 2 aromatic rings. The van der Waals surface area contributed by atoms with E-state index < -0.39 is 5.97 Å². The standard InChI is InChI=1S/C18H20O3/c1-12-10-13(18(2,3)4)11-15(16(12)19)17(20)21-14-8-6-5-7-9-14/h5-11,19H,1-4H3. The summed E-state index contributed by atoms with van der Waals surface area (Å²) in [5.74, 6) is -0.113. The van der Waals surface area contributed by atoms with E-state index in [0.717, 1.165) is 5.56 Å². The molecule has 0 aliphatic carbocycles. The zero-order valence-electron chi connectivity index (χ0n) is 12.8. The minimum absolute atomic E-state index is 0.0241. The molecule has 0 aliphatic rings. The van der Waals surface area contributed by atoms with Gasteiger partial charge in [-0.3, -0.25) is 0 Å². The van der Waals surface area contributed by atoms with Crippen LogP contribution in [-0.4, -0.2) is 11.1 Å². The Bertz CT molecular complexity index is 652. The monoisotopic (exact) mass is 284 g/mol. The number of aromatic hydroxyl groups is 1. The van der Waals surface area contributed by atoms with Gasteiger partial charge >= 0.3 is 5.97 Å². The molecule has 110 valence electrons. The van der Waals surface area contributed by atoms with Crippen LogP contribution in [0.1, 0.15) is 42.3 Å². The van der Waals surface area contributed by atoms with Crippen LogP contribution >= 0.6 is 0 Å². The molecular weight excluding hydrogens is 264 g/mol. The van der Waals surface area contributed by atoms with Gasteiger partial charge in [-0.15, -0.1) is 0 Å². The number of phenols is 1. The van der Waals surface area contributed by atoms with Crippen molar-refractivity contribution < 1.29 is 14.6 Å². The number of hydrogen-bond acceptors (Lipinski definition) is 3. The number of hydrogen-bond donors (Lipinski definition) is 1. The SMILES string of the molecule is Cc1cc(C(C)(C)C)cc(C(=O)Oc2ccccc2)c1O. The van der Waals surface area contributed by atoms with Crippen LogP contribution in [0.5, 0.6) is 11.5 Å². The smallest absolute Gasteiger partial charge is 0.347 e. The van der Waals surface area contributed by atoms with Gasteiger partial charge in [0.15, 0.2) is 0 Å². The second-order valence-corrected chi connectivity index (χ2v) is 6.14. The van der Waals surface area contributed by atoms with E-state index in [2.05, 4.69) is 20.8 Å². The molecule has 21 heavy (non-hydrogen) atoms. The zero-order chi connectivity index (χ0) is 15.6. The molecule has 0 aromatic heterocycles. The van der Waals surface area contributed by atoms with E-state index in [0.29, 0.717) is 11.3 Å². The Morgan fingerprint density at radius 2 is 1.71 bits per heavy atom. The van der Waals surface area contributed by atoms with Gasteiger partial charge in [-0.1, -0.05) is 45.0 Å². The molecule has 0 unspecified atom stereocenters. The van der Waals surface area contributed by atoms with Crippen molar-refractivity contribution in [1.82, 2.24) is 0 Å². The van der Waals surface area contributed by atoms with Crippen LogP contribution in [0.25, 0.3) is 0 Å². The molecule has 2 rings (SSSR count). The Hall–Kier alpha value is -2.29. The molecule has 0 atom stereocenters. The van der Waals surface area contributed by atoms with Gasteiger partial charge in [-0.2, -0.15) is 0 Å². The highest BCUT2D eigenvalue weighted by Gasteiger charge is 2.21. The molecule has 0 amide bonds. The number of aryl methyl sites for hydroxylation is 1.